The van der Waals surface area contributed by atoms with Crippen LogP contribution in [0.2, 0.25) is 5.02 Å². The van der Waals surface area contributed by atoms with Gasteiger partial charge in [0.05, 0.1) is 23.0 Å². The van der Waals surface area contributed by atoms with Crippen molar-refractivity contribution in [2.45, 2.75) is 33.6 Å². The molecule has 12 heteroatoms. The van der Waals surface area contributed by atoms with Crippen molar-refractivity contribution in [1.82, 2.24) is 5.43 Å². The number of ether oxygens (including phenoxy) is 3. The Hall–Kier alpha value is -3.84. The first-order chi connectivity index (χ1) is 20.2. The van der Waals surface area contributed by atoms with E-state index in [2.05, 4.69) is 50.7 Å². The molecule has 3 aromatic rings. The molecule has 0 fully saturated rings. The molecule has 0 aromatic heterocycles. The average Bonchev–Trinajstić information content (AvgIpc) is 2.95. The van der Waals surface area contributed by atoms with Gasteiger partial charge >= 0.3 is 11.8 Å². The maximum Gasteiger partial charge on any atom is 0.329 e. The lowest BCUT2D eigenvalue weighted by Crippen LogP contribution is -2.32. The molecule has 3 N–H and O–H groups in total. The SMILES string of the molecule is CCCCOc1ccc(NC(=O)C(=O)N/N=C\c2cc(I)c(OCC(=O)Nc3ccc(C)c(Cl)c3)c(OCC)c2)cc1. The van der Waals surface area contributed by atoms with Gasteiger partial charge in [-0.3, -0.25) is 14.4 Å². The van der Waals surface area contributed by atoms with Crippen LogP contribution >= 0.6 is 34.2 Å². The van der Waals surface area contributed by atoms with Crippen molar-refractivity contribution in [3.05, 3.63) is 74.3 Å². The number of rotatable bonds is 13. The van der Waals surface area contributed by atoms with Crippen LogP contribution in [0.15, 0.2) is 59.7 Å². The van der Waals surface area contributed by atoms with Gasteiger partial charge in [-0.05, 0) is 103 Å². The minimum absolute atomic E-state index is 0.255. The van der Waals surface area contributed by atoms with Crippen LogP contribution in [-0.2, 0) is 14.4 Å². The maximum atomic E-state index is 12.4. The second-order valence-electron chi connectivity index (χ2n) is 8.94. The molecule has 0 aliphatic rings. The third kappa shape index (κ3) is 10.2. The van der Waals surface area contributed by atoms with E-state index in [4.69, 9.17) is 25.8 Å². The quantitative estimate of drug-likeness (QED) is 0.0665. The summed E-state index contributed by atoms with van der Waals surface area (Å²) >= 11 is 8.18. The highest BCUT2D eigenvalue weighted by Gasteiger charge is 2.15. The van der Waals surface area contributed by atoms with E-state index in [0.29, 0.717) is 56.0 Å². The molecule has 0 heterocycles. The second-order valence-corrected chi connectivity index (χ2v) is 10.5. The van der Waals surface area contributed by atoms with Crippen molar-refractivity contribution >= 4 is 69.5 Å². The van der Waals surface area contributed by atoms with Crippen LogP contribution < -0.4 is 30.3 Å². The topological polar surface area (TPSA) is 127 Å². The van der Waals surface area contributed by atoms with Crippen LogP contribution in [-0.4, -0.2) is 43.8 Å². The summed E-state index contributed by atoms with van der Waals surface area (Å²) in [6, 6.07) is 15.4. The minimum atomic E-state index is -0.935. The number of benzene rings is 3. The number of amides is 3. The van der Waals surface area contributed by atoms with Gasteiger partial charge in [-0.1, -0.05) is 31.0 Å². The molecule has 0 aliphatic heterocycles. The molecule has 0 saturated heterocycles. The maximum absolute atomic E-state index is 12.4. The van der Waals surface area contributed by atoms with Crippen molar-refractivity contribution in [3.63, 3.8) is 0 Å². The lowest BCUT2D eigenvalue weighted by molar-refractivity contribution is -0.136. The summed E-state index contributed by atoms with van der Waals surface area (Å²) in [5, 5.41) is 9.70. The summed E-state index contributed by atoms with van der Waals surface area (Å²) in [4.78, 5) is 36.9. The Morgan fingerprint density at radius 2 is 1.67 bits per heavy atom. The van der Waals surface area contributed by atoms with Crippen molar-refractivity contribution in [2.24, 2.45) is 5.10 Å². The number of halogens is 2. The molecule has 0 saturated carbocycles. The van der Waals surface area contributed by atoms with Gasteiger partial charge in [0.1, 0.15) is 5.75 Å². The van der Waals surface area contributed by atoms with Gasteiger partial charge in [-0.2, -0.15) is 5.10 Å². The summed E-state index contributed by atoms with van der Waals surface area (Å²) in [6.45, 7) is 6.48. The normalized spacial score (nSPS) is 10.7. The van der Waals surface area contributed by atoms with Crippen molar-refractivity contribution in [3.8, 4) is 17.2 Å². The van der Waals surface area contributed by atoms with E-state index >= 15 is 0 Å². The van der Waals surface area contributed by atoms with Crippen molar-refractivity contribution in [2.75, 3.05) is 30.5 Å². The van der Waals surface area contributed by atoms with Gasteiger partial charge < -0.3 is 24.8 Å². The third-order valence-corrected chi connectivity index (χ3v) is 6.81. The molecule has 42 heavy (non-hydrogen) atoms. The molecule has 3 amide bonds. The number of anilines is 2. The predicted octanol–water partition coefficient (Wildman–Crippen LogP) is 5.94. The van der Waals surface area contributed by atoms with Gasteiger partial charge in [0.15, 0.2) is 18.1 Å². The molecular formula is C30H32ClIN4O6. The Morgan fingerprint density at radius 1 is 0.929 bits per heavy atom. The second kappa shape index (κ2) is 16.6. The molecule has 10 nitrogen and oxygen atoms in total. The van der Waals surface area contributed by atoms with Crippen LogP contribution in [0.3, 0.4) is 0 Å². The van der Waals surface area contributed by atoms with E-state index in [1.54, 1.807) is 48.5 Å². The first-order valence-electron chi connectivity index (χ1n) is 13.2. The Labute approximate surface area is 263 Å². The fourth-order valence-electron chi connectivity index (χ4n) is 3.44. The van der Waals surface area contributed by atoms with Crippen LogP contribution in [0, 0.1) is 10.5 Å². The van der Waals surface area contributed by atoms with E-state index in [1.807, 2.05) is 19.9 Å². The Bertz CT molecular complexity index is 1430. The molecule has 0 radical (unpaired) electrons. The number of hydrazone groups is 1. The van der Waals surface area contributed by atoms with Crippen molar-refractivity contribution < 1.29 is 28.6 Å². The first kappa shape index (κ1) is 32.7. The smallest absolute Gasteiger partial charge is 0.329 e. The lowest BCUT2D eigenvalue weighted by atomic mass is 10.2. The highest BCUT2D eigenvalue weighted by molar-refractivity contribution is 14.1. The molecule has 3 aromatic carbocycles. The van der Waals surface area contributed by atoms with Crippen molar-refractivity contribution in [1.29, 1.82) is 0 Å². The Morgan fingerprint density at radius 3 is 2.36 bits per heavy atom. The number of unbranched alkanes of at least 4 members (excludes halogenated alkanes) is 1. The molecule has 0 unspecified atom stereocenters. The monoisotopic (exact) mass is 706 g/mol. The molecule has 0 spiro atoms. The number of nitrogens with zero attached hydrogens (tertiary/aromatic N) is 1. The first-order valence-corrected chi connectivity index (χ1v) is 14.7. The number of carbonyl (C=O) groups excluding carboxylic acids is 3. The zero-order valence-electron chi connectivity index (χ0n) is 23.5. The highest BCUT2D eigenvalue weighted by Crippen LogP contribution is 2.34. The summed E-state index contributed by atoms with van der Waals surface area (Å²) in [6.07, 6.45) is 3.35. The molecule has 0 atom stereocenters. The van der Waals surface area contributed by atoms with E-state index in [1.165, 1.54) is 6.21 Å². The molecule has 222 valence electrons. The van der Waals surface area contributed by atoms with E-state index in [0.717, 1.165) is 18.4 Å². The van der Waals surface area contributed by atoms with Crippen LogP contribution in [0.5, 0.6) is 17.2 Å². The van der Waals surface area contributed by atoms with Gasteiger partial charge in [0.25, 0.3) is 5.91 Å². The fraction of sp³-hybridized carbons (Fsp3) is 0.267. The van der Waals surface area contributed by atoms with Crippen LogP contribution in [0.25, 0.3) is 0 Å². The van der Waals surface area contributed by atoms with Gasteiger partial charge in [-0.25, -0.2) is 5.43 Å². The van der Waals surface area contributed by atoms with Gasteiger partial charge in [0, 0.05) is 16.4 Å². The summed E-state index contributed by atoms with van der Waals surface area (Å²) < 4.78 is 17.7. The van der Waals surface area contributed by atoms with E-state index in [9.17, 15) is 14.4 Å². The Kier molecular flexibility index (Phi) is 12.9. The zero-order valence-corrected chi connectivity index (χ0v) is 26.4. The van der Waals surface area contributed by atoms with Gasteiger partial charge in [0.2, 0.25) is 0 Å². The van der Waals surface area contributed by atoms with Crippen LogP contribution in [0.1, 0.15) is 37.8 Å². The predicted molar refractivity (Wildman–Crippen MR) is 172 cm³/mol. The Balaban J connectivity index is 1.56. The molecule has 0 bridgehead atoms. The number of nitrogens with one attached hydrogen (secondary N) is 3. The zero-order chi connectivity index (χ0) is 30.5. The third-order valence-electron chi connectivity index (χ3n) is 5.60. The standard InChI is InChI=1S/C30H32ClIN4O6/c1-4-6-13-41-23-11-9-21(10-12-23)35-29(38)30(39)36-33-17-20-14-25(32)28(26(15-20)40-5-2)42-18-27(37)34-22-8-7-19(3)24(31)16-22/h7-12,14-17H,4-6,13,18H2,1-3H3,(H,34,37)(H,35,38)(H,36,39)/b33-17-. The lowest BCUT2D eigenvalue weighted by Gasteiger charge is -2.15. The number of hydrogen-bond acceptors (Lipinski definition) is 7. The number of hydrogen-bond donors (Lipinski definition) is 3. The minimum Gasteiger partial charge on any atom is -0.494 e. The molecule has 3 rings (SSSR count). The van der Waals surface area contributed by atoms with Crippen LogP contribution in [0.4, 0.5) is 11.4 Å². The fourth-order valence-corrected chi connectivity index (χ4v) is 4.41. The molecule has 0 aliphatic carbocycles. The summed E-state index contributed by atoms with van der Waals surface area (Å²) in [7, 11) is 0. The van der Waals surface area contributed by atoms with E-state index < -0.39 is 11.8 Å². The summed E-state index contributed by atoms with van der Waals surface area (Å²) in [5.74, 6) is -0.707. The van der Waals surface area contributed by atoms with Gasteiger partial charge in [-0.15, -0.1) is 0 Å². The summed E-state index contributed by atoms with van der Waals surface area (Å²) in [5.41, 5.74) is 4.70. The number of carbonyl (C=O) groups is 3. The van der Waals surface area contributed by atoms with E-state index in [-0.39, 0.29) is 12.5 Å². The molecular weight excluding hydrogens is 675 g/mol. The largest absolute Gasteiger partial charge is 0.494 e. The number of aryl methyl sites for hydroxylation is 1. The highest BCUT2D eigenvalue weighted by atomic mass is 127. The average molecular weight is 707 g/mol.